The molecular weight excluding hydrogens is 511 g/mol. The number of halogens is 1. The monoisotopic (exact) mass is 556 g/mol. The Morgan fingerprint density at radius 3 is 2.83 bits per heavy atom. The van der Waals surface area contributed by atoms with Crippen molar-refractivity contribution < 1.29 is 4.39 Å². The fourth-order valence-electron chi connectivity index (χ4n) is 9.55. The van der Waals surface area contributed by atoms with Gasteiger partial charge >= 0.3 is 0 Å². The Kier molecular flexibility index (Phi) is 6.57. The molecule has 2 aliphatic carbocycles. The fourth-order valence-corrected chi connectivity index (χ4v) is 9.55. The summed E-state index contributed by atoms with van der Waals surface area (Å²) in [5.41, 5.74) is 12.5. The minimum Gasteiger partial charge on any atom is -0.398 e. The first-order chi connectivity index (χ1) is 19.8. The van der Waals surface area contributed by atoms with Crippen LogP contribution in [-0.2, 0) is 24.7 Å². The minimum absolute atomic E-state index is 0.0201. The van der Waals surface area contributed by atoms with E-state index < -0.39 is 6.17 Å². The van der Waals surface area contributed by atoms with Crippen molar-refractivity contribution in [3.63, 3.8) is 0 Å². The molecule has 0 amide bonds. The Balaban J connectivity index is 1.29. The van der Waals surface area contributed by atoms with Crippen molar-refractivity contribution in [3.8, 4) is 6.07 Å². The first-order valence-electron chi connectivity index (χ1n) is 16.2. The summed E-state index contributed by atoms with van der Waals surface area (Å²) >= 11 is 0. The molecule has 1 aromatic heterocycles. The molecule has 7 heteroatoms. The summed E-state index contributed by atoms with van der Waals surface area (Å²) in [4.78, 5) is 15.6. The van der Waals surface area contributed by atoms with Gasteiger partial charge in [-0.2, -0.15) is 5.26 Å². The van der Waals surface area contributed by atoms with Crippen LogP contribution in [0.4, 0.5) is 15.9 Å². The molecule has 7 rings (SSSR count). The number of nitriles is 1. The number of aromatic nitrogens is 2. The first kappa shape index (κ1) is 27.1. The van der Waals surface area contributed by atoms with Crippen molar-refractivity contribution >= 4 is 11.5 Å². The Bertz CT molecular complexity index is 1400. The van der Waals surface area contributed by atoms with Crippen LogP contribution in [-0.4, -0.2) is 51.8 Å². The standard InChI is InChI=1S/C34H45FN6/c1-4-24-16-22(3)41(24)32-26-9-13-33(12-8-21(2)25-6-7-28(37)27(19-36)31(25)33)18-29(26)38-30(39-32)10-14-34-11-5-15-40(34)20-23(35)17-34/h6-7,21-24H,4-5,8-18,20,37H2,1-3H3. The second-order valence-corrected chi connectivity index (χ2v) is 14.0. The molecule has 6 unspecified atom stereocenters. The molecular formula is C34H45FN6. The third-order valence-corrected chi connectivity index (χ3v) is 11.7. The zero-order chi connectivity index (χ0) is 28.5. The SMILES string of the molecule is CCC1CC(C)N1c1nc(CCC23CCCN2CC(F)C3)nc2c1CCC1(CCC(C)c3ccc(N)c(C#N)c31)C2. The summed E-state index contributed by atoms with van der Waals surface area (Å²) in [6.07, 6.45) is 11.2. The number of alkyl halides is 1. The van der Waals surface area contributed by atoms with E-state index in [2.05, 4.69) is 42.7 Å². The van der Waals surface area contributed by atoms with Crippen molar-refractivity contribution in [2.45, 2.75) is 133 Å². The lowest BCUT2D eigenvalue weighted by atomic mass is 9.59. The van der Waals surface area contributed by atoms with Crippen molar-refractivity contribution in [2.24, 2.45) is 0 Å². The van der Waals surface area contributed by atoms with Crippen LogP contribution in [0.3, 0.4) is 0 Å². The number of nitrogens with two attached hydrogens (primary N) is 1. The van der Waals surface area contributed by atoms with Gasteiger partial charge < -0.3 is 10.6 Å². The molecule has 218 valence electrons. The zero-order valence-corrected chi connectivity index (χ0v) is 25.1. The highest BCUT2D eigenvalue weighted by molar-refractivity contribution is 5.65. The number of hydrogen-bond acceptors (Lipinski definition) is 6. The highest BCUT2D eigenvalue weighted by atomic mass is 19.1. The lowest BCUT2D eigenvalue weighted by Crippen LogP contribution is -2.55. The number of hydrogen-bond donors (Lipinski definition) is 1. The van der Waals surface area contributed by atoms with Crippen molar-refractivity contribution in [1.29, 1.82) is 5.26 Å². The van der Waals surface area contributed by atoms with Gasteiger partial charge in [-0.25, -0.2) is 14.4 Å². The van der Waals surface area contributed by atoms with Gasteiger partial charge in [0.25, 0.3) is 0 Å². The summed E-state index contributed by atoms with van der Waals surface area (Å²) in [5, 5.41) is 10.2. The van der Waals surface area contributed by atoms with Gasteiger partial charge in [0.15, 0.2) is 0 Å². The number of anilines is 2. The molecule has 3 aliphatic heterocycles. The maximum Gasteiger partial charge on any atom is 0.136 e. The van der Waals surface area contributed by atoms with E-state index in [0.29, 0.717) is 42.2 Å². The Morgan fingerprint density at radius 1 is 1.20 bits per heavy atom. The van der Waals surface area contributed by atoms with E-state index in [4.69, 9.17) is 15.7 Å². The quantitative estimate of drug-likeness (QED) is 0.446. The zero-order valence-electron chi connectivity index (χ0n) is 25.1. The molecule has 4 heterocycles. The number of nitrogens with zero attached hydrogens (tertiary/aromatic N) is 5. The van der Waals surface area contributed by atoms with Crippen LogP contribution < -0.4 is 10.6 Å². The molecule has 1 spiro atoms. The van der Waals surface area contributed by atoms with E-state index in [0.717, 1.165) is 82.4 Å². The molecule has 41 heavy (non-hydrogen) atoms. The number of aryl methyl sites for hydroxylation is 1. The van der Waals surface area contributed by atoms with E-state index in [-0.39, 0.29) is 11.0 Å². The van der Waals surface area contributed by atoms with Crippen molar-refractivity contribution in [1.82, 2.24) is 14.9 Å². The normalized spacial score (nSPS) is 34.2. The maximum absolute atomic E-state index is 14.5. The first-order valence-corrected chi connectivity index (χ1v) is 16.2. The predicted molar refractivity (Wildman–Crippen MR) is 161 cm³/mol. The van der Waals surface area contributed by atoms with E-state index in [9.17, 15) is 9.65 Å². The maximum atomic E-state index is 14.5. The molecule has 2 aromatic rings. The summed E-state index contributed by atoms with van der Waals surface area (Å²) in [5.74, 6) is 2.50. The number of fused-ring (bicyclic) bond motifs is 4. The van der Waals surface area contributed by atoms with E-state index in [1.165, 1.54) is 28.8 Å². The minimum atomic E-state index is -0.710. The molecule has 6 nitrogen and oxygen atoms in total. The van der Waals surface area contributed by atoms with Crippen LogP contribution in [0.1, 0.15) is 118 Å². The Labute approximate surface area is 244 Å². The summed E-state index contributed by atoms with van der Waals surface area (Å²) in [7, 11) is 0. The summed E-state index contributed by atoms with van der Waals surface area (Å²) < 4.78 is 14.5. The smallest absolute Gasteiger partial charge is 0.136 e. The Morgan fingerprint density at radius 2 is 2.05 bits per heavy atom. The Hall–Kier alpha value is -2.72. The lowest BCUT2D eigenvalue weighted by molar-refractivity contribution is 0.181. The fraction of sp³-hybridized carbons (Fsp3) is 0.676. The highest BCUT2D eigenvalue weighted by Gasteiger charge is 2.49. The van der Waals surface area contributed by atoms with Gasteiger partial charge in [0.2, 0.25) is 0 Å². The molecule has 5 aliphatic rings. The second-order valence-electron chi connectivity index (χ2n) is 14.0. The predicted octanol–water partition coefficient (Wildman–Crippen LogP) is 6.14. The third-order valence-electron chi connectivity index (χ3n) is 11.7. The van der Waals surface area contributed by atoms with E-state index in [1.807, 2.05) is 6.07 Å². The lowest BCUT2D eigenvalue weighted by Gasteiger charge is -2.50. The molecule has 2 N–H and O–H groups in total. The molecule has 3 fully saturated rings. The van der Waals surface area contributed by atoms with Gasteiger partial charge in [-0.3, -0.25) is 4.90 Å². The van der Waals surface area contributed by atoms with Crippen LogP contribution in [0.5, 0.6) is 0 Å². The average Bonchev–Trinajstić information content (AvgIpc) is 3.48. The molecule has 0 bridgehead atoms. The molecule has 0 radical (unpaired) electrons. The summed E-state index contributed by atoms with van der Waals surface area (Å²) in [6, 6.07) is 7.60. The van der Waals surface area contributed by atoms with E-state index >= 15 is 0 Å². The van der Waals surface area contributed by atoms with Crippen molar-refractivity contribution in [2.75, 3.05) is 23.7 Å². The van der Waals surface area contributed by atoms with Gasteiger partial charge in [0.05, 0.1) is 11.3 Å². The number of benzene rings is 1. The van der Waals surface area contributed by atoms with Gasteiger partial charge in [0.1, 0.15) is 23.9 Å². The number of rotatable bonds is 5. The van der Waals surface area contributed by atoms with Crippen LogP contribution >= 0.6 is 0 Å². The molecule has 3 saturated heterocycles. The number of nitrogen functional groups attached to an aromatic ring is 1. The van der Waals surface area contributed by atoms with Gasteiger partial charge in [-0.15, -0.1) is 0 Å². The van der Waals surface area contributed by atoms with Gasteiger partial charge in [0, 0.05) is 47.3 Å². The molecule has 0 saturated carbocycles. The largest absolute Gasteiger partial charge is 0.398 e. The molecule has 1 aromatic carbocycles. The van der Waals surface area contributed by atoms with Crippen LogP contribution in [0, 0.1) is 11.3 Å². The van der Waals surface area contributed by atoms with E-state index in [1.54, 1.807) is 0 Å². The van der Waals surface area contributed by atoms with Crippen molar-refractivity contribution in [3.05, 3.63) is 45.9 Å². The van der Waals surface area contributed by atoms with Crippen LogP contribution in [0.25, 0.3) is 0 Å². The topological polar surface area (TPSA) is 82.1 Å². The molecule has 6 atom stereocenters. The van der Waals surface area contributed by atoms with Gasteiger partial charge in [-0.1, -0.05) is 19.9 Å². The second kappa shape index (κ2) is 9.93. The highest BCUT2D eigenvalue weighted by Crippen LogP contribution is 2.53. The van der Waals surface area contributed by atoms with Crippen LogP contribution in [0.2, 0.25) is 0 Å². The summed E-state index contributed by atoms with van der Waals surface area (Å²) in [6.45, 7) is 8.49. The van der Waals surface area contributed by atoms with Gasteiger partial charge in [-0.05, 0) is 107 Å². The third kappa shape index (κ3) is 4.19. The van der Waals surface area contributed by atoms with Crippen LogP contribution in [0.15, 0.2) is 12.1 Å². The average molecular weight is 557 g/mol.